The van der Waals surface area contributed by atoms with E-state index < -0.39 is 12.1 Å². The van der Waals surface area contributed by atoms with Crippen molar-refractivity contribution in [1.29, 1.82) is 0 Å². The number of carbonyl (C=O) groups is 2. The molecule has 2 atom stereocenters. The van der Waals surface area contributed by atoms with E-state index in [2.05, 4.69) is 55.6 Å². The molecule has 6 nitrogen and oxygen atoms in total. The van der Waals surface area contributed by atoms with Crippen LogP contribution < -0.4 is 5.32 Å². The Morgan fingerprint density at radius 3 is 1.21 bits per heavy atom. The standard InChI is InChI=1S/C60H111NO5/c1-3-5-7-9-11-13-15-17-19-21-23-24-25-26-27-29-31-33-36-40-44-48-52-58(63)57(56-62)61-59(64)53-49-45-41-37-35-39-43-47-51-55-66-60(65)54-50-46-42-38-34-32-30-28-22-20-18-16-14-12-10-8-6-4-2/h14,16,20,22,37,41,48,52,57-58,62-63H,3-13,15,17-19,21,23-36,38-40,42-47,49-51,53-56H2,1-2H3,(H,61,64)/b16-14-,22-20-,41-37-,52-48+. The number of hydrogen-bond acceptors (Lipinski definition) is 5. The molecule has 0 spiro atoms. The molecule has 0 rings (SSSR count). The third kappa shape index (κ3) is 51.2. The first-order valence-electron chi connectivity index (χ1n) is 28.9. The van der Waals surface area contributed by atoms with Crippen LogP contribution >= 0.6 is 0 Å². The number of aliphatic hydroxyl groups excluding tert-OH is 2. The van der Waals surface area contributed by atoms with Crippen LogP contribution in [0.5, 0.6) is 0 Å². The quantitative estimate of drug-likeness (QED) is 0.0321. The molecule has 0 fully saturated rings. The van der Waals surface area contributed by atoms with Crippen LogP contribution in [0.3, 0.4) is 0 Å². The molecule has 0 aromatic rings. The first-order valence-corrected chi connectivity index (χ1v) is 28.9. The first kappa shape index (κ1) is 63.8. The molecule has 0 radical (unpaired) electrons. The average molecular weight is 927 g/mol. The zero-order valence-corrected chi connectivity index (χ0v) is 43.9. The van der Waals surface area contributed by atoms with E-state index in [-0.39, 0.29) is 18.5 Å². The van der Waals surface area contributed by atoms with Crippen molar-refractivity contribution in [2.45, 2.75) is 309 Å². The molecule has 0 saturated carbocycles. The van der Waals surface area contributed by atoms with Crippen molar-refractivity contribution in [3.8, 4) is 0 Å². The molecule has 0 heterocycles. The zero-order valence-electron chi connectivity index (χ0n) is 43.9. The van der Waals surface area contributed by atoms with Crippen molar-refractivity contribution in [3.63, 3.8) is 0 Å². The van der Waals surface area contributed by atoms with Gasteiger partial charge in [0.1, 0.15) is 0 Å². The third-order valence-electron chi connectivity index (χ3n) is 13.1. The first-order chi connectivity index (χ1) is 32.5. The van der Waals surface area contributed by atoms with Gasteiger partial charge in [-0.2, -0.15) is 0 Å². The zero-order chi connectivity index (χ0) is 47.9. The maximum Gasteiger partial charge on any atom is 0.305 e. The SMILES string of the molecule is CCCCCC/C=C\C/C=C\CCCCCCCCCC(=O)OCCCCCC/C=C\CCCC(=O)NC(CO)C(O)/C=C/CCCCCCCCCCCCCCCCCCCCCC. The van der Waals surface area contributed by atoms with E-state index in [1.165, 1.54) is 193 Å². The number of amides is 1. The summed E-state index contributed by atoms with van der Waals surface area (Å²) in [4.78, 5) is 24.5. The van der Waals surface area contributed by atoms with Gasteiger partial charge in [0.05, 0.1) is 25.4 Å². The number of ether oxygens (including phenoxy) is 1. The summed E-state index contributed by atoms with van der Waals surface area (Å²) >= 11 is 0. The molecule has 1 amide bonds. The summed E-state index contributed by atoms with van der Waals surface area (Å²) in [6.07, 6.45) is 69.9. The van der Waals surface area contributed by atoms with Crippen LogP contribution in [-0.4, -0.2) is 47.4 Å². The predicted molar refractivity (Wildman–Crippen MR) is 287 cm³/mol. The fourth-order valence-corrected chi connectivity index (χ4v) is 8.61. The fourth-order valence-electron chi connectivity index (χ4n) is 8.61. The molecular formula is C60H111NO5. The van der Waals surface area contributed by atoms with Crippen molar-refractivity contribution in [3.05, 3.63) is 48.6 Å². The summed E-state index contributed by atoms with van der Waals surface area (Å²) in [5.41, 5.74) is 0. The second-order valence-corrected chi connectivity index (χ2v) is 19.6. The number of unbranched alkanes of at least 4 members (excludes halogenated alkanes) is 36. The Morgan fingerprint density at radius 1 is 0.424 bits per heavy atom. The van der Waals surface area contributed by atoms with E-state index >= 15 is 0 Å². The van der Waals surface area contributed by atoms with Crippen molar-refractivity contribution >= 4 is 11.9 Å². The lowest BCUT2D eigenvalue weighted by Gasteiger charge is -2.19. The Labute approximate surface area is 410 Å². The van der Waals surface area contributed by atoms with Gasteiger partial charge in [0.15, 0.2) is 0 Å². The second kappa shape index (κ2) is 55.4. The summed E-state index contributed by atoms with van der Waals surface area (Å²) in [5.74, 6) is -0.173. The molecule has 0 aromatic heterocycles. The van der Waals surface area contributed by atoms with Crippen LogP contribution in [0.2, 0.25) is 0 Å². The van der Waals surface area contributed by atoms with Crippen molar-refractivity contribution in [2.24, 2.45) is 0 Å². The topological polar surface area (TPSA) is 95.9 Å². The van der Waals surface area contributed by atoms with Crippen LogP contribution in [0.1, 0.15) is 296 Å². The second-order valence-electron chi connectivity index (χ2n) is 19.6. The molecule has 0 bridgehead atoms. The van der Waals surface area contributed by atoms with Gasteiger partial charge < -0.3 is 20.3 Å². The van der Waals surface area contributed by atoms with Crippen molar-refractivity contribution in [1.82, 2.24) is 5.32 Å². The molecule has 66 heavy (non-hydrogen) atoms. The molecule has 0 aliphatic carbocycles. The number of rotatable bonds is 53. The Morgan fingerprint density at radius 2 is 0.773 bits per heavy atom. The number of esters is 1. The van der Waals surface area contributed by atoms with Crippen molar-refractivity contribution in [2.75, 3.05) is 13.2 Å². The number of allylic oxidation sites excluding steroid dienone is 7. The summed E-state index contributed by atoms with van der Waals surface area (Å²) < 4.78 is 5.45. The highest BCUT2D eigenvalue weighted by Crippen LogP contribution is 2.16. The number of aliphatic hydroxyl groups is 2. The molecule has 386 valence electrons. The lowest BCUT2D eigenvalue weighted by Crippen LogP contribution is -2.45. The Kier molecular flexibility index (Phi) is 53.6. The maximum atomic E-state index is 12.5. The summed E-state index contributed by atoms with van der Waals surface area (Å²) in [6.45, 7) is 4.80. The maximum absolute atomic E-state index is 12.5. The van der Waals surface area contributed by atoms with E-state index in [0.717, 1.165) is 77.0 Å². The minimum absolute atomic E-state index is 0.0453. The van der Waals surface area contributed by atoms with Crippen LogP contribution in [0, 0.1) is 0 Å². The molecule has 2 unspecified atom stereocenters. The summed E-state index contributed by atoms with van der Waals surface area (Å²) in [7, 11) is 0. The van der Waals surface area contributed by atoms with Crippen molar-refractivity contribution < 1.29 is 24.5 Å². The van der Waals surface area contributed by atoms with Gasteiger partial charge in [0.25, 0.3) is 0 Å². The summed E-state index contributed by atoms with van der Waals surface area (Å²) in [6, 6.07) is -0.668. The number of nitrogens with one attached hydrogen (secondary N) is 1. The summed E-state index contributed by atoms with van der Waals surface area (Å²) in [5, 5.41) is 23.1. The Hall–Kier alpha value is -2.18. The average Bonchev–Trinajstić information content (AvgIpc) is 3.32. The lowest BCUT2D eigenvalue weighted by molar-refractivity contribution is -0.143. The molecule has 0 saturated heterocycles. The van der Waals surface area contributed by atoms with Crippen LogP contribution in [0.4, 0.5) is 0 Å². The number of hydrogen-bond donors (Lipinski definition) is 3. The molecule has 6 heteroatoms. The van der Waals surface area contributed by atoms with Gasteiger partial charge in [-0.25, -0.2) is 0 Å². The highest BCUT2D eigenvalue weighted by atomic mass is 16.5. The van der Waals surface area contributed by atoms with E-state index in [1.807, 2.05) is 6.08 Å². The monoisotopic (exact) mass is 926 g/mol. The number of carbonyl (C=O) groups excluding carboxylic acids is 2. The highest BCUT2D eigenvalue weighted by molar-refractivity contribution is 5.76. The smallest absolute Gasteiger partial charge is 0.305 e. The van der Waals surface area contributed by atoms with E-state index in [9.17, 15) is 19.8 Å². The van der Waals surface area contributed by atoms with Gasteiger partial charge in [0, 0.05) is 12.8 Å². The molecule has 0 aliphatic heterocycles. The highest BCUT2D eigenvalue weighted by Gasteiger charge is 2.18. The van der Waals surface area contributed by atoms with Gasteiger partial charge in [-0.05, 0) is 83.5 Å². The minimum Gasteiger partial charge on any atom is -0.466 e. The van der Waals surface area contributed by atoms with Crippen LogP contribution in [0.15, 0.2) is 48.6 Å². The molecule has 0 aromatic carbocycles. The largest absolute Gasteiger partial charge is 0.466 e. The predicted octanol–water partition coefficient (Wildman–Crippen LogP) is 17.8. The fraction of sp³-hybridized carbons (Fsp3) is 0.833. The molecule has 3 N–H and O–H groups in total. The van der Waals surface area contributed by atoms with Gasteiger partial charge in [-0.15, -0.1) is 0 Å². The van der Waals surface area contributed by atoms with Crippen LogP contribution in [0.25, 0.3) is 0 Å². The third-order valence-corrected chi connectivity index (χ3v) is 13.1. The molecular weight excluding hydrogens is 815 g/mol. The van der Waals surface area contributed by atoms with E-state index in [4.69, 9.17) is 4.74 Å². The van der Waals surface area contributed by atoms with Crippen LogP contribution in [-0.2, 0) is 14.3 Å². The van der Waals surface area contributed by atoms with Gasteiger partial charge in [-0.3, -0.25) is 9.59 Å². The van der Waals surface area contributed by atoms with E-state index in [1.54, 1.807) is 6.08 Å². The van der Waals surface area contributed by atoms with Gasteiger partial charge >= 0.3 is 5.97 Å². The Bertz CT molecular complexity index is 1110. The molecule has 0 aliphatic rings. The lowest BCUT2D eigenvalue weighted by atomic mass is 10.0. The minimum atomic E-state index is -0.878. The normalized spacial score (nSPS) is 13.0. The van der Waals surface area contributed by atoms with Gasteiger partial charge in [0.2, 0.25) is 5.91 Å². The van der Waals surface area contributed by atoms with Gasteiger partial charge in [-0.1, -0.05) is 249 Å². The Balaban J connectivity index is 3.57. The van der Waals surface area contributed by atoms with E-state index in [0.29, 0.717) is 19.4 Å².